The van der Waals surface area contributed by atoms with Gasteiger partial charge in [0.1, 0.15) is 0 Å². The van der Waals surface area contributed by atoms with Gasteiger partial charge in [-0.15, -0.1) is 0 Å². The van der Waals surface area contributed by atoms with E-state index in [1.54, 1.807) is 0 Å². The molecule has 0 aliphatic heterocycles. The molecule has 0 aromatic carbocycles. The first-order valence-electron chi connectivity index (χ1n) is 3.13. The minimum Gasteiger partial charge on any atom is -0.343 e. The molecule has 0 saturated heterocycles. The van der Waals surface area contributed by atoms with Gasteiger partial charge in [0.05, 0.1) is 6.42 Å². The molecular formula is C6H12O4S. The van der Waals surface area contributed by atoms with Gasteiger partial charge in [-0.2, -0.15) is 4.21 Å². The first-order chi connectivity index (χ1) is 4.81. The summed E-state index contributed by atoms with van der Waals surface area (Å²) in [5.74, 6) is -0.654. The molecule has 0 spiro atoms. The topological polar surface area (TPSA) is 63.6 Å². The number of carbonyl (C=O) groups excluding carboxylic acids is 1. The van der Waals surface area contributed by atoms with Crippen molar-refractivity contribution in [1.29, 1.82) is 0 Å². The molecule has 1 unspecified atom stereocenters. The summed E-state index contributed by atoms with van der Waals surface area (Å²) >= 11 is -2.48. The van der Waals surface area contributed by atoms with E-state index in [1.165, 1.54) is 0 Å². The van der Waals surface area contributed by atoms with E-state index in [9.17, 15) is 9.00 Å². The largest absolute Gasteiger partial charge is 0.360 e. The van der Waals surface area contributed by atoms with E-state index in [4.69, 9.17) is 4.55 Å². The number of hydrogen-bond acceptors (Lipinski definition) is 3. The Morgan fingerprint density at radius 1 is 1.55 bits per heavy atom. The van der Waals surface area contributed by atoms with Gasteiger partial charge in [-0.3, -0.25) is 9.35 Å². The number of carbonyl (C=O) groups is 1. The third-order valence-corrected chi connectivity index (χ3v) is 1.17. The highest BCUT2D eigenvalue weighted by atomic mass is 32.2. The molecule has 0 bridgehead atoms. The Morgan fingerprint density at radius 3 is 2.27 bits per heavy atom. The number of hydrogen-bond donors (Lipinski definition) is 1. The van der Waals surface area contributed by atoms with Crippen molar-refractivity contribution in [3.63, 3.8) is 0 Å². The van der Waals surface area contributed by atoms with Crippen molar-refractivity contribution in [3.8, 4) is 0 Å². The Kier molecular flexibility index (Phi) is 3.68. The van der Waals surface area contributed by atoms with Crippen molar-refractivity contribution in [1.82, 2.24) is 0 Å². The molecular weight excluding hydrogens is 168 g/mol. The van der Waals surface area contributed by atoms with Crippen molar-refractivity contribution in [2.75, 3.05) is 0 Å². The zero-order chi connectivity index (χ0) is 9.07. The average Bonchev–Trinajstić information content (AvgIpc) is 1.53. The van der Waals surface area contributed by atoms with Crippen LogP contribution in [0.2, 0.25) is 0 Å². The third-order valence-electron chi connectivity index (χ3n) is 0.839. The molecule has 0 saturated carbocycles. The van der Waals surface area contributed by atoms with Gasteiger partial charge in [0, 0.05) is 0 Å². The highest BCUT2D eigenvalue weighted by Crippen LogP contribution is 2.18. The van der Waals surface area contributed by atoms with Gasteiger partial charge in [-0.1, -0.05) is 20.8 Å². The fourth-order valence-electron chi connectivity index (χ4n) is 0.542. The summed E-state index contributed by atoms with van der Waals surface area (Å²) in [6, 6.07) is 0. The minimum atomic E-state index is -2.48. The van der Waals surface area contributed by atoms with Crippen LogP contribution < -0.4 is 0 Å². The summed E-state index contributed by atoms with van der Waals surface area (Å²) in [5, 5.41) is 0. The van der Waals surface area contributed by atoms with Gasteiger partial charge in [0.15, 0.2) is 0 Å². The van der Waals surface area contributed by atoms with Gasteiger partial charge in [-0.05, 0) is 5.41 Å². The van der Waals surface area contributed by atoms with Gasteiger partial charge >= 0.3 is 17.3 Å². The summed E-state index contributed by atoms with van der Waals surface area (Å²) in [7, 11) is 0. The fourth-order valence-corrected chi connectivity index (χ4v) is 0.760. The van der Waals surface area contributed by atoms with E-state index in [0.29, 0.717) is 0 Å². The van der Waals surface area contributed by atoms with Crippen LogP contribution >= 0.6 is 0 Å². The molecule has 11 heavy (non-hydrogen) atoms. The van der Waals surface area contributed by atoms with Crippen LogP contribution in [0.3, 0.4) is 0 Å². The van der Waals surface area contributed by atoms with Crippen LogP contribution in [-0.4, -0.2) is 14.7 Å². The summed E-state index contributed by atoms with van der Waals surface area (Å²) in [4.78, 5) is 10.7. The van der Waals surface area contributed by atoms with E-state index >= 15 is 0 Å². The van der Waals surface area contributed by atoms with Crippen LogP contribution in [-0.2, 0) is 20.3 Å². The molecule has 0 radical (unpaired) electrons. The lowest BCUT2D eigenvalue weighted by atomic mass is 9.93. The maximum atomic E-state index is 10.7. The van der Waals surface area contributed by atoms with Crippen LogP contribution in [0.4, 0.5) is 0 Å². The number of rotatable bonds is 2. The van der Waals surface area contributed by atoms with Gasteiger partial charge in [-0.25, -0.2) is 0 Å². The van der Waals surface area contributed by atoms with E-state index in [2.05, 4.69) is 4.18 Å². The second-order valence-corrected chi connectivity index (χ2v) is 4.01. The third kappa shape index (κ3) is 7.48. The van der Waals surface area contributed by atoms with Gasteiger partial charge < -0.3 is 4.18 Å². The lowest BCUT2D eigenvalue weighted by molar-refractivity contribution is -0.135. The van der Waals surface area contributed by atoms with Crippen molar-refractivity contribution in [2.24, 2.45) is 5.41 Å². The highest BCUT2D eigenvalue weighted by Gasteiger charge is 2.18. The Hall–Kier alpha value is -0.420. The average molecular weight is 180 g/mol. The smallest absolute Gasteiger partial charge is 0.343 e. The fraction of sp³-hybridized carbons (Fsp3) is 0.833. The Bertz CT molecular complexity index is 170. The molecule has 4 nitrogen and oxygen atoms in total. The lowest BCUT2D eigenvalue weighted by Gasteiger charge is -2.14. The summed E-state index contributed by atoms with van der Waals surface area (Å²) in [5.41, 5.74) is -0.212. The quantitative estimate of drug-likeness (QED) is 0.646. The Balaban J connectivity index is 3.80. The predicted molar refractivity (Wildman–Crippen MR) is 40.9 cm³/mol. The molecule has 1 atom stereocenters. The highest BCUT2D eigenvalue weighted by molar-refractivity contribution is 7.74. The first-order valence-corrected chi connectivity index (χ1v) is 4.16. The summed E-state index contributed by atoms with van der Waals surface area (Å²) in [6.45, 7) is 5.53. The van der Waals surface area contributed by atoms with Crippen LogP contribution in [0, 0.1) is 5.41 Å². The van der Waals surface area contributed by atoms with E-state index in [1.807, 2.05) is 20.8 Å². The molecule has 0 aromatic heterocycles. The SMILES string of the molecule is CC(C)(C)CC(=O)OS(=O)O. The minimum absolute atomic E-state index is 0.138. The summed E-state index contributed by atoms with van der Waals surface area (Å²) < 4.78 is 22.1. The molecule has 0 aliphatic carbocycles. The van der Waals surface area contributed by atoms with Crippen molar-refractivity contribution in [2.45, 2.75) is 27.2 Å². The van der Waals surface area contributed by atoms with Crippen LogP contribution in [0.15, 0.2) is 0 Å². The zero-order valence-electron chi connectivity index (χ0n) is 6.79. The normalized spacial score (nSPS) is 14.2. The molecule has 0 fully saturated rings. The standard InChI is InChI=1S/C6H12O4S/c1-6(2,3)4-5(7)10-11(8)9/h4H2,1-3H3,(H,8,9). The van der Waals surface area contributed by atoms with Crippen molar-refractivity contribution < 1.29 is 17.7 Å². The molecule has 0 aromatic rings. The zero-order valence-corrected chi connectivity index (χ0v) is 7.60. The molecule has 5 heteroatoms. The molecule has 0 aliphatic rings. The van der Waals surface area contributed by atoms with Crippen LogP contribution in [0.5, 0.6) is 0 Å². The molecule has 66 valence electrons. The summed E-state index contributed by atoms with van der Waals surface area (Å²) in [6.07, 6.45) is 0.138. The first kappa shape index (κ1) is 10.6. The maximum Gasteiger partial charge on any atom is 0.360 e. The van der Waals surface area contributed by atoms with Crippen LogP contribution in [0.25, 0.3) is 0 Å². The van der Waals surface area contributed by atoms with E-state index in [0.717, 1.165) is 0 Å². The van der Waals surface area contributed by atoms with Crippen molar-refractivity contribution >= 4 is 17.3 Å². The van der Waals surface area contributed by atoms with Gasteiger partial charge in [0.25, 0.3) is 0 Å². The molecule has 0 heterocycles. The molecule has 1 N–H and O–H groups in total. The predicted octanol–water partition coefficient (Wildman–Crippen LogP) is 1.10. The van der Waals surface area contributed by atoms with Crippen molar-refractivity contribution in [3.05, 3.63) is 0 Å². The maximum absolute atomic E-state index is 10.7. The Labute approximate surface area is 68.4 Å². The monoisotopic (exact) mass is 180 g/mol. The van der Waals surface area contributed by atoms with E-state index < -0.39 is 17.3 Å². The second-order valence-electron chi connectivity index (χ2n) is 3.41. The Morgan fingerprint density at radius 2 is 2.00 bits per heavy atom. The molecule has 0 amide bonds. The van der Waals surface area contributed by atoms with E-state index in [-0.39, 0.29) is 11.8 Å². The lowest BCUT2D eigenvalue weighted by Crippen LogP contribution is -2.16. The second kappa shape index (κ2) is 3.82. The van der Waals surface area contributed by atoms with Crippen LogP contribution in [0.1, 0.15) is 27.2 Å². The van der Waals surface area contributed by atoms with Gasteiger partial charge in [0.2, 0.25) is 0 Å². The molecule has 0 rings (SSSR count).